The molecule has 0 fully saturated rings. The number of rotatable bonds is 4. The molecule has 1 unspecified atom stereocenters. The summed E-state index contributed by atoms with van der Waals surface area (Å²) in [5.41, 5.74) is 0. The van der Waals surface area contributed by atoms with Crippen molar-refractivity contribution < 1.29 is 25.5 Å². The molecular formula is C2H5O6RfS2-. The van der Waals surface area contributed by atoms with Crippen molar-refractivity contribution in [2.75, 3.05) is 13.0 Å². The van der Waals surface area contributed by atoms with E-state index in [1.807, 2.05) is 0 Å². The molecule has 0 bridgehead atoms. The van der Waals surface area contributed by atoms with Gasteiger partial charge in [-0.15, -0.1) is 0 Å². The molecule has 0 saturated heterocycles. The summed E-state index contributed by atoms with van der Waals surface area (Å²) in [6.07, 6.45) is 0.782. The van der Waals surface area contributed by atoms with Crippen LogP contribution in [0.1, 0.15) is 0 Å². The van der Waals surface area contributed by atoms with Gasteiger partial charge >= 0.3 is 0 Å². The van der Waals surface area contributed by atoms with Crippen LogP contribution in [0.25, 0.3) is 0 Å². The summed E-state index contributed by atoms with van der Waals surface area (Å²) in [7, 11) is -3.62. The summed E-state index contributed by atoms with van der Waals surface area (Å²) in [5, 5.41) is 0. The molecule has 0 aromatic carbocycles. The van der Waals surface area contributed by atoms with Gasteiger partial charge in [-0.2, -0.15) is 8.42 Å². The van der Waals surface area contributed by atoms with Gasteiger partial charge in [0, 0.05) is 0 Å². The Morgan fingerprint density at radius 1 is 1.55 bits per heavy atom. The van der Waals surface area contributed by atoms with E-state index in [4.69, 9.17) is 0 Å². The first-order valence-electron chi connectivity index (χ1n) is 1.99. The molecule has 0 aromatic rings. The second-order valence-corrected chi connectivity index (χ2v) is 3.55. The summed E-state index contributed by atoms with van der Waals surface area (Å²) in [6, 6.07) is 0. The van der Waals surface area contributed by atoms with Crippen molar-refractivity contribution in [1.29, 1.82) is 0 Å². The van der Waals surface area contributed by atoms with Crippen LogP contribution < -0.4 is 0 Å². The van der Waals surface area contributed by atoms with Crippen molar-refractivity contribution in [1.82, 2.24) is 0 Å². The molecule has 1 atom stereocenters. The maximum Gasteiger partial charge on any atom is 0.266 e. The zero-order chi connectivity index (χ0) is 8.20. The van der Waals surface area contributed by atoms with Crippen LogP contribution in [0.5, 0.6) is 0 Å². The molecule has 0 spiro atoms. The number of hydrogen-bond acceptors (Lipinski definition) is 6. The maximum atomic E-state index is 10.1. The van der Waals surface area contributed by atoms with Crippen LogP contribution >= 0.6 is 0 Å². The molecule has 0 aromatic heterocycles. The SMILES string of the molecule is CS(=O)(=O)OCOS(=O)[O-].[Rf]. The molecule has 0 aliphatic heterocycles. The molecule has 0 saturated carbocycles. The van der Waals surface area contributed by atoms with Crippen LogP contribution in [0.15, 0.2) is 0 Å². The van der Waals surface area contributed by atoms with Crippen molar-refractivity contribution in [3.8, 4) is 0 Å². The van der Waals surface area contributed by atoms with Crippen molar-refractivity contribution in [2.24, 2.45) is 0 Å². The van der Waals surface area contributed by atoms with E-state index in [1.54, 1.807) is 0 Å². The molecule has 0 N–H and O–H groups in total. The smallest absolute Gasteiger partial charge is 0.266 e. The van der Waals surface area contributed by atoms with Gasteiger partial charge in [0.25, 0.3) is 10.1 Å². The fourth-order valence-electron chi connectivity index (χ4n) is 0.146. The predicted octanol–water partition coefficient (Wildman–Crippen LogP) is -1.27. The van der Waals surface area contributed by atoms with E-state index in [0.717, 1.165) is 6.26 Å². The minimum atomic E-state index is -3.62. The summed E-state index contributed by atoms with van der Waals surface area (Å²) in [6.45, 7) is -0.811. The Morgan fingerprint density at radius 2 is 2.00 bits per heavy atom. The normalized spacial score (nSPS) is 13.6. The van der Waals surface area contributed by atoms with E-state index in [-0.39, 0.29) is 0 Å². The third kappa shape index (κ3) is 12.2. The zero-order valence-corrected chi connectivity index (χ0v) is 13.7. The maximum absolute atomic E-state index is 10.1. The fraction of sp³-hybridized carbons (Fsp3) is 1.00. The van der Waals surface area contributed by atoms with Crippen LogP contribution in [-0.2, 0) is 29.8 Å². The molecule has 6 nitrogen and oxygen atoms in total. The first-order chi connectivity index (χ1) is 4.42. The van der Waals surface area contributed by atoms with E-state index in [0.29, 0.717) is 0 Å². The monoisotopic (exact) mass is 456 g/mol. The van der Waals surface area contributed by atoms with E-state index < -0.39 is 28.3 Å². The van der Waals surface area contributed by atoms with Crippen molar-refractivity contribution in [3.63, 3.8) is 0 Å². The first kappa shape index (κ1) is 12.6. The van der Waals surface area contributed by atoms with Crippen LogP contribution in [0.3, 0.4) is 0 Å². The molecule has 0 aliphatic rings. The third-order valence-electron chi connectivity index (χ3n) is 0.407. The summed E-state index contributed by atoms with van der Waals surface area (Å²) in [5.74, 6) is 0. The average Bonchev–Trinajstić information content (AvgIpc) is 1.59. The Hall–Kier alpha value is -1.02. The number of hydrogen-bond donors (Lipinski definition) is 0. The van der Waals surface area contributed by atoms with Crippen molar-refractivity contribution in [2.45, 2.75) is 0 Å². The average molecular weight is 456 g/mol. The van der Waals surface area contributed by atoms with Gasteiger partial charge in [-0.3, -0.25) is 4.18 Å². The topological polar surface area (TPSA) is 92.7 Å². The fourth-order valence-corrected chi connectivity index (χ4v) is 0.557. The van der Waals surface area contributed by atoms with Gasteiger partial charge in [-0.25, -0.2) is 8.39 Å². The Bertz CT molecular complexity index is 209. The first-order valence-corrected chi connectivity index (χ1v) is 4.80. The molecule has 0 heterocycles. The van der Waals surface area contributed by atoms with Crippen LogP contribution in [0.2, 0.25) is 0 Å². The zero-order valence-electron chi connectivity index (χ0n) is 5.68. The van der Waals surface area contributed by atoms with Gasteiger partial charge in [-0.05, 0) is 0 Å². The van der Waals surface area contributed by atoms with Gasteiger partial charge < -0.3 is 4.55 Å². The molecular weight excluding hydrogens is 451 g/mol. The minimum absolute atomic E-state index is 0. The summed E-state index contributed by atoms with van der Waals surface area (Å²) in [4.78, 5) is 0. The van der Waals surface area contributed by atoms with Crippen LogP contribution in [0.4, 0.5) is 0 Å². The van der Waals surface area contributed by atoms with Crippen LogP contribution in [-0.4, -0.2) is 30.2 Å². The molecule has 11 heavy (non-hydrogen) atoms. The van der Waals surface area contributed by atoms with Crippen molar-refractivity contribution >= 4 is 21.5 Å². The van der Waals surface area contributed by atoms with E-state index >= 15 is 0 Å². The standard InChI is InChI=1S/C2H6O6S2.Rf/c1-10(5,6)8-2-7-9(3)4;/h2H2,1H3,(H,3,4);/p-1. The quantitative estimate of drug-likeness (QED) is 0.298. The summed E-state index contributed by atoms with van der Waals surface area (Å²) >= 11 is -2.74. The molecule has 0 radical (unpaired) electrons. The summed E-state index contributed by atoms with van der Waals surface area (Å²) < 4.78 is 47.0. The van der Waals surface area contributed by atoms with Gasteiger partial charge in [0.2, 0.25) is 0 Å². The second kappa shape index (κ2) is 4.74. The van der Waals surface area contributed by atoms with Gasteiger partial charge in [0.1, 0.15) is 0 Å². The van der Waals surface area contributed by atoms with E-state index in [1.165, 1.54) is 0 Å². The van der Waals surface area contributed by atoms with Gasteiger partial charge in [-0.1, -0.05) is 0 Å². The Labute approximate surface area is 60.8 Å². The molecule has 0 aliphatic carbocycles. The molecule has 0 amide bonds. The van der Waals surface area contributed by atoms with Gasteiger partial charge in [0.15, 0.2) is 6.79 Å². The third-order valence-corrected chi connectivity index (χ3v) is 1.22. The van der Waals surface area contributed by atoms with E-state index in [9.17, 15) is 17.2 Å². The second-order valence-electron chi connectivity index (χ2n) is 1.26. The Morgan fingerprint density at radius 3 is 2.27 bits per heavy atom. The predicted molar refractivity (Wildman–Crippen MR) is 30.8 cm³/mol. The Kier molecular flexibility index (Phi) is 5.45. The minimum Gasteiger partial charge on any atom is -0.750 e. The molecule has 9 heteroatoms. The largest absolute Gasteiger partial charge is 0.750 e. The molecule has 0 rings (SSSR count). The van der Waals surface area contributed by atoms with Gasteiger partial charge in [0.05, 0.1) is 17.6 Å². The van der Waals surface area contributed by atoms with Crippen molar-refractivity contribution in [3.05, 3.63) is 0 Å². The van der Waals surface area contributed by atoms with E-state index in [2.05, 4.69) is 8.37 Å². The van der Waals surface area contributed by atoms with Crippen LogP contribution in [0, 0.1) is 0 Å². The Balaban J connectivity index is 0. The molecule has 64 valence electrons.